The highest BCUT2D eigenvalue weighted by Gasteiger charge is 1.90. The molecule has 1 N–H and O–H groups in total. The molecule has 0 rings (SSSR count). The van der Waals surface area contributed by atoms with Gasteiger partial charge in [-0.2, -0.15) is 0 Å². The molecule has 0 aliphatic carbocycles. The Morgan fingerprint density at radius 1 is 1.86 bits per heavy atom. The minimum atomic E-state index is -0.428. The minimum Gasteiger partial charge on any atom is -0.443 e. The molecule has 3 nitrogen and oxygen atoms in total. The van der Waals surface area contributed by atoms with Crippen LogP contribution in [0, 0.1) is 6.61 Å². The smallest absolute Gasteiger partial charge is 0.407 e. The predicted octanol–water partition coefficient (Wildman–Crippen LogP) is 0.524. The van der Waals surface area contributed by atoms with Gasteiger partial charge in [-0.15, -0.1) is 0 Å². The van der Waals surface area contributed by atoms with Crippen LogP contribution in [-0.4, -0.2) is 13.1 Å². The third-order valence-corrected chi connectivity index (χ3v) is 0.429. The molecule has 0 atom stereocenters. The number of carbonyl (C=O) groups is 1. The fourth-order valence-electron chi connectivity index (χ4n) is 0.166. The van der Waals surface area contributed by atoms with Gasteiger partial charge in [0.2, 0.25) is 0 Å². The van der Waals surface area contributed by atoms with E-state index in [4.69, 9.17) is 0 Å². The molecule has 3 heteroatoms. The van der Waals surface area contributed by atoms with E-state index in [2.05, 4.69) is 10.1 Å². The van der Waals surface area contributed by atoms with Crippen molar-refractivity contribution in [3.63, 3.8) is 0 Å². The third kappa shape index (κ3) is 3.09. The summed E-state index contributed by atoms with van der Waals surface area (Å²) in [5.41, 5.74) is 0. The maximum absolute atomic E-state index is 10.0. The van der Waals surface area contributed by atoms with Crippen LogP contribution in [0.5, 0.6) is 0 Å². The van der Waals surface area contributed by atoms with Gasteiger partial charge in [0, 0.05) is 7.05 Å². The molecule has 0 aromatic rings. The number of amides is 1. The summed E-state index contributed by atoms with van der Waals surface area (Å²) in [6.07, 6.45) is -0.428. The van der Waals surface area contributed by atoms with Gasteiger partial charge in [0.25, 0.3) is 0 Å². The molecule has 0 saturated carbocycles. The lowest BCUT2D eigenvalue weighted by Gasteiger charge is -1.94. The normalized spacial score (nSPS) is 7.71. The van der Waals surface area contributed by atoms with Crippen molar-refractivity contribution in [3.05, 3.63) is 6.61 Å². The monoisotopic (exact) mass is 102 g/mol. The number of ether oxygens (including phenoxy) is 1. The standard InChI is InChI=1S/C4H8NO2/c1-3-7-4(6)5-2/h3H,1-2H3,(H,5,6). The molecule has 7 heavy (non-hydrogen) atoms. The second-order valence-corrected chi connectivity index (χ2v) is 0.891. The highest BCUT2D eigenvalue weighted by atomic mass is 16.5. The number of nitrogens with one attached hydrogen (secondary N) is 1. The summed E-state index contributed by atoms with van der Waals surface area (Å²) in [6, 6.07) is 0. The molecule has 1 radical (unpaired) electrons. The van der Waals surface area contributed by atoms with E-state index in [9.17, 15) is 4.79 Å². The van der Waals surface area contributed by atoms with E-state index in [-0.39, 0.29) is 0 Å². The van der Waals surface area contributed by atoms with Crippen molar-refractivity contribution >= 4 is 6.09 Å². The molecule has 0 aromatic heterocycles. The molecular formula is C4H8NO2. The van der Waals surface area contributed by atoms with E-state index in [1.165, 1.54) is 13.7 Å². The summed E-state index contributed by atoms with van der Waals surface area (Å²) in [7, 11) is 1.51. The van der Waals surface area contributed by atoms with Crippen molar-refractivity contribution in [3.8, 4) is 0 Å². The first-order valence-corrected chi connectivity index (χ1v) is 1.97. The van der Waals surface area contributed by atoms with Crippen molar-refractivity contribution < 1.29 is 9.53 Å². The fourth-order valence-corrected chi connectivity index (χ4v) is 0.166. The van der Waals surface area contributed by atoms with Gasteiger partial charge >= 0.3 is 6.09 Å². The first-order chi connectivity index (χ1) is 3.31. The maximum atomic E-state index is 10.0. The minimum absolute atomic E-state index is 0.428. The lowest BCUT2D eigenvalue weighted by atomic mass is 10.9. The van der Waals surface area contributed by atoms with Crippen LogP contribution < -0.4 is 5.32 Å². The van der Waals surface area contributed by atoms with Crippen molar-refractivity contribution in [1.29, 1.82) is 0 Å². The van der Waals surface area contributed by atoms with Crippen LogP contribution in [0.2, 0.25) is 0 Å². The Morgan fingerprint density at radius 3 is 2.57 bits per heavy atom. The molecule has 1 amide bonds. The first-order valence-electron chi connectivity index (χ1n) is 1.97. The van der Waals surface area contributed by atoms with E-state index in [1.807, 2.05) is 0 Å². The zero-order valence-corrected chi connectivity index (χ0v) is 4.39. The Morgan fingerprint density at radius 2 is 2.43 bits per heavy atom. The largest absolute Gasteiger partial charge is 0.443 e. The van der Waals surface area contributed by atoms with Crippen LogP contribution in [0.1, 0.15) is 6.92 Å². The Bertz CT molecular complexity index is 62.7. The lowest BCUT2D eigenvalue weighted by Crippen LogP contribution is -2.17. The summed E-state index contributed by atoms with van der Waals surface area (Å²) in [5, 5.41) is 2.27. The summed E-state index contributed by atoms with van der Waals surface area (Å²) in [5.74, 6) is 0. The number of carbonyl (C=O) groups excluding carboxylic acids is 1. The van der Waals surface area contributed by atoms with Crippen LogP contribution in [0.25, 0.3) is 0 Å². The third-order valence-electron chi connectivity index (χ3n) is 0.429. The van der Waals surface area contributed by atoms with Gasteiger partial charge in [0.05, 0.1) is 0 Å². The molecular weight excluding hydrogens is 94.0 g/mol. The van der Waals surface area contributed by atoms with Crippen LogP contribution in [0.3, 0.4) is 0 Å². The fraction of sp³-hybridized carbons (Fsp3) is 0.500. The molecule has 0 aromatic carbocycles. The molecule has 0 saturated heterocycles. The van der Waals surface area contributed by atoms with E-state index in [0.29, 0.717) is 0 Å². The predicted molar refractivity (Wildman–Crippen MR) is 25.5 cm³/mol. The van der Waals surface area contributed by atoms with Crippen molar-refractivity contribution in [2.75, 3.05) is 7.05 Å². The quantitative estimate of drug-likeness (QED) is 0.524. The van der Waals surface area contributed by atoms with Crippen LogP contribution in [-0.2, 0) is 4.74 Å². The van der Waals surface area contributed by atoms with Crippen molar-refractivity contribution in [1.82, 2.24) is 5.32 Å². The zero-order chi connectivity index (χ0) is 5.70. The molecule has 0 unspecified atom stereocenters. The van der Waals surface area contributed by atoms with Crippen LogP contribution in [0.15, 0.2) is 0 Å². The SMILES string of the molecule is C[CH]OC(=O)NC. The van der Waals surface area contributed by atoms with Crippen molar-refractivity contribution in [2.24, 2.45) is 0 Å². The highest BCUT2D eigenvalue weighted by molar-refractivity contribution is 5.66. The highest BCUT2D eigenvalue weighted by Crippen LogP contribution is 1.76. The number of hydrogen-bond acceptors (Lipinski definition) is 2. The van der Waals surface area contributed by atoms with E-state index in [1.54, 1.807) is 6.92 Å². The number of hydrogen-bond donors (Lipinski definition) is 1. The molecule has 0 aliphatic rings. The van der Waals surface area contributed by atoms with E-state index in [0.717, 1.165) is 0 Å². The Kier molecular flexibility index (Phi) is 3.10. The van der Waals surface area contributed by atoms with Crippen molar-refractivity contribution in [2.45, 2.75) is 6.92 Å². The molecule has 41 valence electrons. The zero-order valence-electron chi connectivity index (χ0n) is 4.39. The van der Waals surface area contributed by atoms with Gasteiger partial charge in [-0.25, -0.2) is 4.79 Å². The van der Waals surface area contributed by atoms with Gasteiger partial charge in [0.15, 0.2) is 0 Å². The average molecular weight is 102 g/mol. The van der Waals surface area contributed by atoms with Crippen LogP contribution >= 0.6 is 0 Å². The van der Waals surface area contributed by atoms with Gasteiger partial charge in [0.1, 0.15) is 6.61 Å². The average Bonchev–Trinajstić information content (AvgIpc) is 1.68. The summed E-state index contributed by atoms with van der Waals surface area (Å²) in [4.78, 5) is 10.0. The molecule has 0 spiro atoms. The van der Waals surface area contributed by atoms with E-state index < -0.39 is 6.09 Å². The number of alkyl carbamates (subject to hydrolysis) is 1. The van der Waals surface area contributed by atoms with Crippen LogP contribution in [0.4, 0.5) is 4.79 Å². The Hall–Kier alpha value is -0.730. The summed E-state index contributed by atoms with van der Waals surface area (Å²) >= 11 is 0. The maximum Gasteiger partial charge on any atom is 0.407 e. The molecule has 0 aliphatic heterocycles. The Balaban J connectivity index is 3.00. The van der Waals surface area contributed by atoms with Gasteiger partial charge in [-0.1, -0.05) is 0 Å². The second kappa shape index (κ2) is 3.46. The topological polar surface area (TPSA) is 38.3 Å². The molecule has 0 bridgehead atoms. The van der Waals surface area contributed by atoms with E-state index >= 15 is 0 Å². The second-order valence-electron chi connectivity index (χ2n) is 0.891. The lowest BCUT2D eigenvalue weighted by molar-refractivity contribution is 0.175. The summed E-state index contributed by atoms with van der Waals surface area (Å²) < 4.78 is 4.32. The van der Waals surface area contributed by atoms with Gasteiger partial charge in [-0.05, 0) is 6.92 Å². The molecule has 0 heterocycles. The Labute approximate surface area is 42.7 Å². The molecule has 0 fully saturated rings. The number of rotatable bonds is 1. The van der Waals surface area contributed by atoms with Gasteiger partial charge in [-0.3, -0.25) is 0 Å². The summed E-state index contributed by atoms with van der Waals surface area (Å²) in [6.45, 7) is 2.95. The first kappa shape index (κ1) is 6.27. The van der Waals surface area contributed by atoms with Gasteiger partial charge < -0.3 is 10.1 Å².